The largest absolute Gasteiger partial charge is 0.481 e. The summed E-state index contributed by atoms with van der Waals surface area (Å²) in [4.78, 5) is 25.0. The summed E-state index contributed by atoms with van der Waals surface area (Å²) in [6.45, 7) is 0.468. The molecule has 0 saturated heterocycles. The van der Waals surface area contributed by atoms with E-state index in [1.165, 1.54) is 16.2 Å². The first-order valence-corrected chi connectivity index (χ1v) is 8.13. The van der Waals surface area contributed by atoms with Gasteiger partial charge in [0.25, 0.3) is 0 Å². The van der Waals surface area contributed by atoms with E-state index in [1.54, 1.807) is 16.3 Å². The number of carboxylic acids is 1. The van der Waals surface area contributed by atoms with E-state index in [-0.39, 0.29) is 11.3 Å². The summed E-state index contributed by atoms with van der Waals surface area (Å²) in [6, 6.07) is 8.06. The molecule has 0 radical (unpaired) electrons. The molecule has 1 aliphatic rings. The van der Waals surface area contributed by atoms with Crippen molar-refractivity contribution >= 4 is 29.1 Å². The summed E-state index contributed by atoms with van der Waals surface area (Å²) in [5.74, 6) is -0.00356. The number of aliphatic carboxylic acids is 1. The Labute approximate surface area is 124 Å². The smallest absolute Gasteiger partial charge is 0.307 e. The van der Waals surface area contributed by atoms with Crippen LogP contribution in [0.5, 0.6) is 0 Å². The lowest BCUT2D eigenvalue weighted by atomic mass is 10.1. The first-order valence-electron chi connectivity index (χ1n) is 6.33. The van der Waals surface area contributed by atoms with Crippen LogP contribution >= 0.6 is 23.1 Å². The zero-order chi connectivity index (χ0) is 14.1. The van der Waals surface area contributed by atoms with Gasteiger partial charge in [0.2, 0.25) is 0 Å². The van der Waals surface area contributed by atoms with Crippen LogP contribution in [0.25, 0.3) is 11.3 Å². The molecule has 0 fully saturated rings. The van der Waals surface area contributed by atoms with Gasteiger partial charge in [-0.25, -0.2) is 0 Å². The van der Waals surface area contributed by atoms with Crippen molar-refractivity contribution in [1.82, 2.24) is 4.57 Å². The Bertz CT molecular complexity index is 717. The van der Waals surface area contributed by atoms with Gasteiger partial charge in [0.15, 0.2) is 0 Å². The van der Waals surface area contributed by atoms with E-state index in [0.29, 0.717) is 13.0 Å². The number of hydrogen-bond acceptors (Lipinski definition) is 4. The minimum atomic E-state index is -0.821. The second-order valence-electron chi connectivity index (χ2n) is 4.57. The van der Waals surface area contributed by atoms with Gasteiger partial charge in [0.05, 0.1) is 5.69 Å². The van der Waals surface area contributed by atoms with Crippen LogP contribution in [0.1, 0.15) is 17.7 Å². The van der Waals surface area contributed by atoms with Crippen molar-refractivity contribution in [2.24, 2.45) is 0 Å². The summed E-state index contributed by atoms with van der Waals surface area (Å²) in [5, 5.41) is 8.72. The molecule has 20 heavy (non-hydrogen) atoms. The maximum Gasteiger partial charge on any atom is 0.307 e. The van der Waals surface area contributed by atoms with E-state index in [2.05, 4.69) is 6.07 Å². The van der Waals surface area contributed by atoms with Gasteiger partial charge in [-0.15, -0.1) is 11.8 Å². The van der Waals surface area contributed by atoms with Crippen molar-refractivity contribution in [3.63, 3.8) is 0 Å². The predicted octanol–water partition coefficient (Wildman–Crippen LogP) is 3.05. The van der Waals surface area contributed by atoms with Gasteiger partial charge in [-0.3, -0.25) is 14.2 Å². The number of hydrogen-bond donors (Lipinski definition) is 1. The lowest BCUT2D eigenvalue weighted by Crippen LogP contribution is -2.15. The molecule has 0 unspecified atom stereocenters. The first kappa shape index (κ1) is 13.5. The molecule has 2 heterocycles. The first-order chi connectivity index (χ1) is 9.66. The summed E-state index contributed by atoms with van der Waals surface area (Å²) in [7, 11) is 0. The Kier molecular flexibility index (Phi) is 3.67. The number of carbonyl (C=O) groups is 1. The van der Waals surface area contributed by atoms with E-state index < -0.39 is 5.97 Å². The molecule has 3 rings (SSSR count). The molecule has 104 valence electrons. The lowest BCUT2D eigenvalue weighted by Gasteiger charge is -2.17. The van der Waals surface area contributed by atoms with Crippen molar-refractivity contribution in [3.8, 4) is 11.3 Å². The highest BCUT2D eigenvalue weighted by Crippen LogP contribution is 2.42. The number of thioether (sulfide) groups is 1. The monoisotopic (exact) mass is 307 g/mol. The lowest BCUT2D eigenvalue weighted by molar-refractivity contribution is -0.137. The highest BCUT2D eigenvalue weighted by atomic mass is 32.2. The SMILES string of the molecule is O=C(O)CCCn1c2c(sc1=O)CSc1ccccc1-2. The normalized spacial score (nSPS) is 12.8. The van der Waals surface area contributed by atoms with Crippen LogP contribution in [-0.2, 0) is 17.1 Å². The van der Waals surface area contributed by atoms with Gasteiger partial charge < -0.3 is 5.11 Å². The Morgan fingerprint density at radius 2 is 2.15 bits per heavy atom. The van der Waals surface area contributed by atoms with E-state index in [9.17, 15) is 9.59 Å². The minimum Gasteiger partial charge on any atom is -0.481 e. The number of aromatic nitrogens is 1. The maximum absolute atomic E-state index is 12.1. The number of thiazole rings is 1. The standard InChI is InChI=1S/C14H13NO3S2/c16-12(17)6-3-7-15-13-9-4-1-2-5-10(9)19-8-11(13)20-14(15)18/h1-2,4-5H,3,6-8H2,(H,16,17). The number of benzene rings is 1. The van der Waals surface area contributed by atoms with E-state index in [1.807, 2.05) is 18.2 Å². The Balaban J connectivity index is 1.99. The average Bonchev–Trinajstić information content (AvgIpc) is 2.75. The molecular formula is C14H13NO3S2. The van der Waals surface area contributed by atoms with Gasteiger partial charge in [-0.1, -0.05) is 29.5 Å². The van der Waals surface area contributed by atoms with Crippen LogP contribution < -0.4 is 4.87 Å². The molecule has 0 atom stereocenters. The predicted molar refractivity (Wildman–Crippen MR) is 80.4 cm³/mol. The number of fused-ring (bicyclic) bond motifs is 3. The highest BCUT2D eigenvalue weighted by Gasteiger charge is 2.23. The van der Waals surface area contributed by atoms with Crippen LogP contribution in [-0.4, -0.2) is 15.6 Å². The van der Waals surface area contributed by atoms with Crippen molar-refractivity contribution in [2.75, 3.05) is 0 Å². The van der Waals surface area contributed by atoms with E-state index in [0.717, 1.165) is 21.9 Å². The summed E-state index contributed by atoms with van der Waals surface area (Å²) < 4.78 is 1.74. The fraction of sp³-hybridized carbons (Fsp3) is 0.286. The molecule has 1 aromatic carbocycles. The summed E-state index contributed by atoms with van der Waals surface area (Å²) >= 11 is 3.02. The topological polar surface area (TPSA) is 59.3 Å². The fourth-order valence-corrected chi connectivity index (χ4v) is 4.52. The number of rotatable bonds is 4. The molecule has 0 saturated carbocycles. The third-order valence-electron chi connectivity index (χ3n) is 3.24. The van der Waals surface area contributed by atoms with Gasteiger partial charge in [-0.2, -0.15) is 0 Å². The third kappa shape index (κ3) is 2.41. The summed E-state index contributed by atoms with van der Waals surface area (Å²) in [6.07, 6.45) is 0.571. The molecule has 1 aromatic heterocycles. The van der Waals surface area contributed by atoms with Crippen LogP contribution in [0.2, 0.25) is 0 Å². The molecule has 0 amide bonds. The average molecular weight is 307 g/mol. The molecule has 2 aromatic rings. The van der Waals surface area contributed by atoms with Crippen LogP contribution in [0.4, 0.5) is 0 Å². The molecule has 0 aliphatic carbocycles. The van der Waals surface area contributed by atoms with Crippen molar-refractivity contribution < 1.29 is 9.90 Å². The summed E-state index contributed by atoms with van der Waals surface area (Å²) in [5.41, 5.74) is 2.08. The second-order valence-corrected chi connectivity index (χ2v) is 6.64. The molecule has 1 aliphatic heterocycles. The molecule has 1 N–H and O–H groups in total. The molecule has 0 bridgehead atoms. The zero-order valence-electron chi connectivity index (χ0n) is 10.7. The van der Waals surface area contributed by atoms with Crippen LogP contribution in [0.3, 0.4) is 0 Å². The fourth-order valence-electron chi connectivity index (χ4n) is 2.37. The molecular weight excluding hydrogens is 294 g/mol. The maximum atomic E-state index is 12.1. The Morgan fingerprint density at radius 3 is 2.95 bits per heavy atom. The zero-order valence-corrected chi connectivity index (χ0v) is 12.3. The highest BCUT2D eigenvalue weighted by molar-refractivity contribution is 7.98. The van der Waals surface area contributed by atoms with Gasteiger partial charge >= 0.3 is 10.8 Å². The molecule has 0 spiro atoms. The van der Waals surface area contributed by atoms with Crippen molar-refractivity contribution in [3.05, 3.63) is 38.8 Å². The minimum absolute atomic E-state index is 0.0118. The van der Waals surface area contributed by atoms with E-state index in [4.69, 9.17) is 5.11 Å². The number of carboxylic acid groups (broad SMARTS) is 1. The van der Waals surface area contributed by atoms with Crippen molar-refractivity contribution in [2.45, 2.75) is 30.0 Å². The Morgan fingerprint density at radius 1 is 1.35 bits per heavy atom. The van der Waals surface area contributed by atoms with Gasteiger partial charge in [-0.05, 0) is 12.5 Å². The molecule has 6 heteroatoms. The second kappa shape index (κ2) is 5.46. The van der Waals surface area contributed by atoms with E-state index >= 15 is 0 Å². The van der Waals surface area contributed by atoms with Gasteiger partial charge in [0, 0.05) is 34.1 Å². The quantitative estimate of drug-likeness (QED) is 0.943. The van der Waals surface area contributed by atoms with Crippen LogP contribution in [0.15, 0.2) is 34.0 Å². The molecule has 4 nitrogen and oxygen atoms in total. The van der Waals surface area contributed by atoms with Crippen LogP contribution in [0, 0.1) is 0 Å². The van der Waals surface area contributed by atoms with Crippen molar-refractivity contribution in [1.29, 1.82) is 0 Å². The third-order valence-corrected chi connectivity index (χ3v) is 5.50. The number of nitrogens with zero attached hydrogens (tertiary/aromatic N) is 1. The Hall–Kier alpha value is -1.53. The van der Waals surface area contributed by atoms with Gasteiger partial charge in [0.1, 0.15) is 0 Å².